The summed E-state index contributed by atoms with van der Waals surface area (Å²) in [6.07, 6.45) is 0. The van der Waals surface area contributed by atoms with Crippen molar-refractivity contribution in [3.8, 4) is 0 Å². The maximum absolute atomic E-state index is 5.63. The Labute approximate surface area is 93.0 Å². The molecule has 0 saturated heterocycles. The lowest BCUT2D eigenvalue weighted by molar-refractivity contribution is 1.11. The van der Waals surface area contributed by atoms with Gasteiger partial charge < -0.3 is 16.9 Å². The van der Waals surface area contributed by atoms with E-state index in [4.69, 9.17) is 11.5 Å². The van der Waals surface area contributed by atoms with Gasteiger partial charge in [0.1, 0.15) is 11.5 Å². The van der Waals surface area contributed by atoms with Crippen LogP contribution in [0.15, 0.2) is 24.3 Å². The highest BCUT2D eigenvalue weighted by Crippen LogP contribution is 2.22. The minimum Gasteiger partial charge on any atom is -0.382 e. The number of hydrazine groups is 1. The molecule has 1 aromatic carbocycles. The second-order valence-electron chi connectivity index (χ2n) is 3.51. The first-order valence-electron chi connectivity index (χ1n) is 4.85. The largest absolute Gasteiger partial charge is 0.382 e. The van der Waals surface area contributed by atoms with E-state index in [2.05, 4.69) is 21.0 Å². The van der Waals surface area contributed by atoms with E-state index < -0.39 is 0 Å². The van der Waals surface area contributed by atoms with E-state index in [0.29, 0.717) is 17.3 Å². The van der Waals surface area contributed by atoms with Gasteiger partial charge in [0.05, 0.1) is 5.69 Å². The molecule has 0 unspecified atom stereocenters. The molecule has 2 aromatic rings. The first kappa shape index (κ1) is 10.2. The molecule has 0 aliphatic carbocycles. The highest BCUT2D eigenvalue weighted by molar-refractivity contribution is 5.75. The van der Waals surface area contributed by atoms with Crippen molar-refractivity contribution < 1.29 is 0 Å². The molecule has 0 atom stereocenters. The highest BCUT2D eigenvalue weighted by Gasteiger charge is 2.06. The summed E-state index contributed by atoms with van der Waals surface area (Å²) in [7, 11) is 0. The molecule has 0 spiro atoms. The van der Waals surface area contributed by atoms with Gasteiger partial charge in [0, 0.05) is 0 Å². The molecule has 84 valence electrons. The van der Waals surface area contributed by atoms with E-state index in [1.165, 1.54) is 5.56 Å². The van der Waals surface area contributed by atoms with Crippen molar-refractivity contribution in [2.45, 2.75) is 6.92 Å². The smallest absolute Gasteiger partial charge is 0.172 e. The summed E-state index contributed by atoms with van der Waals surface area (Å²) >= 11 is 0. The van der Waals surface area contributed by atoms with Gasteiger partial charge in [-0.05, 0) is 19.1 Å². The second-order valence-corrected chi connectivity index (χ2v) is 3.51. The zero-order valence-electron chi connectivity index (χ0n) is 8.91. The summed E-state index contributed by atoms with van der Waals surface area (Å²) in [6, 6.07) is 7.92. The number of aromatic amines is 1. The Bertz CT molecular complexity index is 453. The number of aryl methyl sites for hydroxylation is 1. The van der Waals surface area contributed by atoms with Crippen LogP contribution in [0.4, 0.5) is 23.0 Å². The van der Waals surface area contributed by atoms with Gasteiger partial charge in [0.25, 0.3) is 0 Å². The standard InChI is InChI=1S/C10H14N6/c1-6-2-4-7(5-3-6)13-14-8-9(11)15-16-10(8)12/h2-5,13-14H,1H3,(H5,11,12,15,16). The van der Waals surface area contributed by atoms with Crippen LogP contribution in [0, 0.1) is 6.92 Å². The number of H-pyrrole nitrogens is 1. The molecule has 0 saturated carbocycles. The molecule has 7 N–H and O–H groups in total. The first-order chi connectivity index (χ1) is 7.66. The normalized spacial score (nSPS) is 10.1. The Kier molecular flexibility index (Phi) is 2.55. The molecule has 1 heterocycles. The molecule has 16 heavy (non-hydrogen) atoms. The lowest BCUT2D eigenvalue weighted by atomic mass is 10.2. The van der Waals surface area contributed by atoms with E-state index in [1.807, 2.05) is 31.2 Å². The van der Waals surface area contributed by atoms with Crippen LogP contribution in [0.25, 0.3) is 0 Å². The van der Waals surface area contributed by atoms with Crippen LogP contribution in [0.3, 0.4) is 0 Å². The maximum Gasteiger partial charge on any atom is 0.172 e. The van der Waals surface area contributed by atoms with Crippen molar-refractivity contribution in [1.82, 2.24) is 10.2 Å². The number of nitrogen functional groups attached to an aromatic ring is 2. The van der Waals surface area contributed by atoms with Gasteiger partial charge in [-0.25, -0.2) is 0 Å². The minimum atomic E-state index is 0.331. The molecule has 0 fully saturated rings. The van der Waals surface area contributed by atoms with Gasteiger partial charge in [0.2, 0.25) is 0 Å². The Balaban J connectivity index is 2.05. The van der Waals surface area contributed by atoms with Gasteiger partial charge in [0.15, 0.2) is 5.82 Å². The molecule has 1 aromatic heterocycles. The molecule has 6 nitrogen and oxygen atoms in total. The fraction of sp³-hybridized carbons (Fsp3) is 0.100. The third-order valence-corrected chi connectivity index (χ3v) is 2.21. The van der Waals surface area contributed by atoms with Crippen molar-refractivity contribution in [2.75, 3.05) is 22.3 Å². The summed E-state index contributed by atoms with van der Waals surface area (Å²) in [4.78, 5) is 0. The third-order valence-electron chi connectivity index (χ3n) is 2.21. The van der Waals surface area contributed by atoms with Crippen molar-refractivity contribution in [3.63, 3.8) is 0 Å². The summed E-state index contributed by atoms with van der Waals surface area (Å²) in [5, 5.41) is 6.35. The lowest BCUT2D eigenvalue weighted by Crippen LogP contribution is -2.10. The van der Waals surface area contributed by atoms with E-state index in [1.54, 1.807) is 0 Å². The number of rotatable bonds is 3. The number of aromatic nitrogens is 2. The van der Waals surface area contributed by atoms with Gasteiger partial charge in [-0.1, -0.05) is 17.7 Å². The number of nitrogens with two attached hydrogens (primary N) is 2. The fourth-order valence-corrected chi connectivity index (χ4v) is 1.27. The second kappa shape index (κ2) is 4.01. The van der Waals surface area contributed by atoms with Crippen LogP contribution < -0.4 is 22.3 Å². The summed E-state index contributed by atoms with van der Waals surface area (Å²) < 4.78 is 0. The Morgan fingerprint density at radius 3 is 2.38 bits per heavy atom. The highest BCUT2D eigenvalue weighted by atomic mass is 15.4. The summed E-state index contributed by atoms with van der Waals surface area (Å²) in [5.74, 6) is 0.731. The minimum absolute atomic E-state index is 0.331. The van der Waals surface area contributed by atoms with E-state index >= 15 is 0 Å². The first-order valence-corrected chi connectivity index (χ1v) is 4.85. The molecule has 0 amide bonds. The number of hydrogen-bond donors (Lipinski definition) is 5. The molecule has 0 aliphatic rings. The van der Waals surface area contributed by atoms with Gasteiger partial charge in [-0.3, -0.25) is 10.5 Å². The van der Waals surface area contributed by atoms with Crippen LogP contribution >= 0.6 is 0 Å². The summed E-state index contributed by atoms with van der Waals surface area (Å²) in [6.45, 7) is 2.03. The van der Waals surface area contributed by atoms with Crippen LogP contribution in [0.5, 0.6) is 0 Å². The Morgan fingerprint density at radius 1 is 1.12 bits per heavy atom. The van der Waals surface area contributed by atoms with E-state index in [0.717, 1.165) is 5.69 Å². The number of nitrogens with zero attached hydrogens (tertiary/aromatic N) is 1. The Morgan fingerprint density at radius 2 is 1.81 bits per heavy atom. The molecule has 0 bridgehead atoms. The van der Waals surface area contributed by atoms with Crippen LogP contribution in [-0.4, -0.2) is 10.2 Å². The SMILES string of the molecule is Cc1ccc(NNc2c(N)n[nH]c2N)cc1. The number of anilines is 4. The lowest BCUT2D eigenvalue weighted by Gasteiger charge is -2.09. The van der Waals surface area contributed by atoms with E-state index in [9.17, 15) is 0 Å². The average Bonchev–Trinajstić information content (AvgIpc) is 2.59. The number of nitrogens with one attached hydrogen (secondary N) is 3. The molecule has 2 rings (SSSR count). The van der Waals surface area contributed by atoms with Gasteiger partial charge in [-0.15, -0.1) is 0 Å². The van der Waals surface area contributed by atoms with Crippen molar-refractivity contribution in [1.29, 1.82) is 0 Å². The predicted octanol–water partition coefficient (Wildman–Crippen LogP) is 1.32. The molecular formula is C10H14N6. The number of hydrogen-bond acceptors (Lipinski definition) is 5. The molecule has 0 radical (unpaired) electrons. The fourth-order valence-electron chi connectivity index (χ4n) is 1.27. The van der Waals surface area contributed by atoms with Crippen LogP contribution in [-0.2, 0) is 0 Å². The third kappa shape index (κ3) is 2.00. The monoisotopic (exact) mass is 218 g/mol. The zero-order chi connectivity index (χ0) is 11.5. The summed E-state index contributed by atoms with van der Waals surface area (Å²) in [5.41, 5.74) is 19.8. The maximum atomic E-state index is 5.63. The van der Waals surface area contributed by atoms with Crippen molar-refractivity contribution in [2.24, 2.45) is 0 Å². The predicted molar refractivity (Wildman–Crippen MR) is 65.8 cm³/mol. The van der Waals surface area contributed by atoms with Crippen LogP contribution in [0.1, 0.15) is 5.56 Å². The quantitative estimate of drug-likeness (QED) is 0.500. The van der Waals surface area contributed by atoms with Crippen LogP contribution in [0.2, 0.25) is 0 Å². The molecular weight excluding hydrogens is 204 g/mol. The van der Waals surface area contributed by atoms with Gasteiger partial charge >= 0.3 is 0 Å². The average molecular weight is 218 g/mol. The molecule has 6 heteroatoms. The topological polar surface area (TPSA) is 105 Å². The molecule has 0 aliphatic heterocycles. The Hall–Kier alpha value is -2.37. The van der Waals surface area contributed by atoms with Gasteiger partial charge in [-0.2, -0.15) is 5.10 Å². The van der Waals surface area contributed by atoms with Crippen molar-refractivity contribution in [3.05, 3.63) is 29.8 Å². The van der Waals surface area contributed by atoms with Crippen molar-refractivity contribution >= 4 is 23.0 Å². The van der Waals surface area contributed by atoms with E-state index in [-0.39, 0.29) is 0 Å². The number of benzene rings is 1. The zero-order valence-corrected chi connectivity index (χ0v) is 8.91.